The highest BCUT2D eigenvalue weighted by Crippen LogP contribution is 2.21. The Bertz CT molecular complexity index is 411. The number of ether oxygens (including phenoxy) is 3. The Morgan fingerprint density at radius 2 is 1.38 bits per heavy atom. The fraction of sp³-hybridized carbons (Fsp3) is 1.00. The topological polar surface area (TPSA) is 81.0 Å². The third-order valence-corrected chi connectivity index (χ3v) is 5.36. The second kappa shape index (κ2) is 19.1. The number of likely N-dealkylation sites (N-methyl/N-ethyl adjacent to an activating group) is 1. The normalized spacial score (nSPS) is 13.8. The van der Waals surface area contributed by atoms with Gasteiger partial charge in [-0.3, -0.25) is 11.3 Å². The molecule has 0 radical (unpaired) electrons. The van der Waals surface area contributed by atoms with Crippen molar-refractivity contribution >= 4 is 0 Å². The highest BCUT2D eigenvalue weighted by atomic mass is 16.5. The third kappa shape index (κ3) is 24.4. The molecule has 4 N–H and O–H groups in total. The molecule has 32 heavy (non-hydrogen) atoms. The molecule has 7 heteroatoms. The first-order valence-electron chi connectivity index (χ1n) is 12.6. The zero-order chi connectivity index (χ0) is 24.3. The van der Waals surface area contributed by atoms with Crippen molar-refractivity contribution in [3.63, 3.8) is 0 Å². The van der Waals surface area contributed by atoms with Gasteiger partial charge in [-0.25, -0.2) is 0 Å². The van der Waals surface area contributed by atoms with Crippen LogP contribution in [0.5, 0.6) is 0 Å². The van der Waals surface area contributed by atoms with E-state index in [-0.39, 0.29) is 6.04 Å². The Balaban J connectivity index is 3.46. The van der Waals surface area contributed by atoms with Gasteiger partial charge in [0.15, 0.2) is 0 Å². The number of unbranched alkanes of at least 4 members (excludes halogenated alkanes) is 1. The monoisotopic (exact) mass is 460 g/mol. The third-order valence-electron chi connectivity index (χ3n) is 5.36. The molecule has 1 unspecified atom stereocenters. The summed E-state index contributed by atoms with van der Waals surface area (Å²) in [7, 11) is 2.17. The molecule has 0 saturated carbocycles. The number of nitrogens with one attached hydrogen (secondary N) is 2. The van der Waals surface area contributed by atoms with Crippen LogP contribution in [0.1, 0.15) is 73.6 Å². The molecule has 0 spiro atoms. The van der Waals surface area contributed by atoms with Crippen LogP contribution in [0.25, 0.3) is 0 Å². The molecule has 0 aliphatic rings. The minimum atomic E-state index is 0.192. The summed E-state index contributed by atoms with van der Waals surface area (Å²) in [6, 6.07) is 0.192. The molecular weight excluding hydrogens is 404 g/mol. The van der Waals surface area contributed by atoms with Crippen LogP contribution in [0, 0.1) is 10.8 Å². The molecule has 0 aromatic carbocycles. The van der Waals surface area contributed by atoms with Gasteiger partial charge in [-0.2, -0.15) is 0 Å². The number of hydrogen-bond donors (Lipinski definition) is 3. The maximum Gasteiger partial charge on any atom is 0.0701 e. The molecule has 7 nitrogen and oxygen atoms in total. The summed E-state index contributed by atoms with van der Waals surface area (Å²) in [6.07, 6.45) is 5.78. The smallest absolute Gasteiger partial charge is 0.0701 e. The number of hydrazine groups is 1. The lowest BCUT2D eigenvalue weighted by molar-refractivity contribution is 0.0377. The Morgan fingerprint density at radius 3 is 2.00 bits per heavy atom. The minimum Gasteiger partial charge on any atom is -0.380 e. The van der Waals surface area contributed by atoms with Crippen LogP contribution < -0.4 is 16.6 Å². The van der Waals surface area contributed by atoms with Gasteiger partial charge >= 0.3 is 0 Å². The van der Waals surface area contributed by atoms with Gasteiger partial charge in [0.25, 0.3) is 0 Å². The number of nitrogens with two attached hydrogens (primary N) is 1. The molecule has 0 amide bonds. The first kappa shape index (κ1) is 31.7. The lowest BCUT2D eigenvalue weighted by Crippen LogP contribution is -2.44. The number of rotatable bonds is 21. The van der Waals surface area contributed by atoms with Crippen molar-refractivity contribution in [2.75, 3.05) is 72.9 Å². The van der Waals surface area contributed by atoms with Crippen molar-refractivity contribution in [2.45, 2.75) is 79.7 Å². The van der Waals surface area contributed by atoms with Gasteiger partial charge in [0.1, 0.15) is 0 Å². The molecule has 0 fully saturated rings. The van der Waals surface area contributed by atoms with E-state index in [1.54, 1.807) is 0 Å². The van der Waals surface area contributed by atoms with Crippen LogP contribution in [-0.4, -0.2) is 83.8 Å². The van der Waals surface area contributed by atoms with Crippen molar-refractivity contribution in [1.82, 2.24) is 15.6 Å². The summed E-state index contributed by atoms with van der Waals surface area (Å²) in [5, 5.41) is 3.39. The first-order valence-corrected chi connectivity index (χ1v) is 12.6. The predicted octanol–water partition coefficient (Wildman–Crippen LogP) is 3.43. The fourth-order valence-electron chi connectivity index (χ4n) is 3.06. The molecule has 0 saturated heterocycles. The molecule has 0 aliphatic heterocycles. The van der Waals surface area contributed by atoms with E-state index < -0.39 is 0 Å². The number of hydrogen-bond acceptors (Lipinski definition) is 7. The van der Waals surface area contributed by atoms with Crippen LogP contribution in [0.3, 0.4) is 0 Å². The summed E-state index contributed by atoms with van der Waals surface area (Å²) in [5.74, 6) is 5.65. The van der Waals surface area contributed by atoms with E-state index in [0.717, 1.165) is 58.8 Å². The van der Waals surface area contributed by atoms with Crippen LogP contribution in [-0.2, 0) is 14.2 Å². The Labute approximate surface area is 199 Å². The van der Waals surface area contributed by atoms with E-state index in [9.17, 15) is 0 Å². The Morgan fingerprint density at radius 1 is 0.750 bits per heavy atom. The molecule has 0 aliphatic carbocycles. The number of nitrogens with zero attached hydrogens (tertiary/aromatic N) is 1. The maximum absolute atomic E-state index is 5.70. The van der Waals surface area contributed by atoms with Crippen LogP contribution in [0.2, 0.25) is 0 Å². The quantitative estimate of drug-likeness (QED) is 0.138. The minimum absolute atomic E-state index is 0.192. The van der Waals surface area contributed by atoms with Gasteiger partial charge in [0, 0.05) is 38.9 Å². The van der Waals surface area contributed by atoms with Gasteiger partial charge in [-0.1, -0.05) is 48.0 Å². The van der Waals surface area contributed by atoms with E-state index in [1.165, 1.54) is 19.3 Å². The van der Waals surface area contributed by atoms with Crippen molar-refractivity contribution in [3.05, 3.63) is 0 Å². The standard InChI is InChI=1S/C25H56N4O3/c1-24(2,3)11-8-9-14-29(7)15-19-32-21-20-30-16-10-23(28-26)22-27-13-18-31-17-12-25(4,5)6/h23,27-28H,8-22,26H2,1-7H3. The van der Waals surface area contributed by atoms with Gasteiger partial charge in [0.2, 0.25) is 0 Å². The SMILES string of the molecule is CN(CCCCC(C)(C)C)CCOCCOCCC(CNCCOCCC(C)(C)C)NN. The molecule has 1 atom stereocenters. The molecule has 194 valence electrons. The first-order chi connectivity index (χ1) is 15.0. The second-order valence-electron chi connectivity index (χ2n) is 11.3. The summed E-state index contributed by atoms with van der Waals surface area (Å²) in [4.78, 5) is 2.35. The highest BCUT2D eigenvalue weighted by Gasteiger charge is 2.10. The van der Waals surface area contributed by atoms with E-state index >= 15 is 0 Å². The van der Waals surface area contributed by atoms with Gasteiger partial charge < -0.3 is 24.4 Å². The molecule has 0 bridgehead atoms. The summed E-state index contributed by atoms with van der Waals surface area (Å²) < 4.78 is 17.1. The average molecular weight is 461 g/mol. The largest absolute Gasteiger partial charge is 0.380 e. The average Bonchev–Trinajstić information content (AvgIpc) is 2.69. The highest BCUT2D eigenvalue weighted by molar-refractivity contribution is 4.67. The lowest BCUT2D eigenvalue weighted by atomic mass is 9.90. The molecule has 0 rings (SSSR count). The van der Waals surface area contributed by atoms with Crippen LogP contribution >= 0.6 is 0 Å². The molecule has 0 aromatic rings. The Hall–Kier alpha value is -0.280. The zero-order valence-electron chi connectivity index (χ0n) is 22.4. The molecule has 0 heterocycles. The zero-order valence-corrected chi connectivity index (χ0v) is 22.4. The summed E-state index contributed by atoms with van der Waals surface area (Å²) >= 11 is 0. The van der Waals surface area contributed by atoms with E-state index in [0.29, 0.717) is 30.7 Å². The summed E-state index contributed by atoms with van der Waals surface area (Å²) in [6.45, 7) is 21.6. The van der Waals surface area contributed by atoms with Gasteiger partial charge in [0.05, 0.1) is 26.4 Å². The molecular formula is C25H56N4O3. The predicted molar refractivity (Wildman–Crippen MR) is 136 cm³/mol. The van der Waals surface area contributed by atoms with Crippen LogP contribution in [0.15, 0.2) is 0 Å². The van der Waals surface area contributed by atoms with Gasteiger partial charge in [-0.15, -0.1) is 0 Å². The van der Waals surface area contributed by atoms with E-state index in [4.69, 9.17) is 20.1 Å². The van der Waals surface area contributed by atoms with Crippen LogP contribution in [0.4, 0.5) is 0 Å². The van der Waals surface area contributed by atoms with Crippen molar-refractivity contribution in [3.8, 4) is 0 Å². The summed E-state index contributed by atoms with van der Waals surface area (Å²) in [5.41, 5.74) is 3.63. The van der Waals surface area contributed by atoms with Crippen molar-refractivity contribution in [1.29, 1.82) is 0 Å². The van der Waals surface area contributed by atoms with Crippen molar-refractivity contribution in [2.24, 2.45) is 16.7 Å². The van der Waals surface area contributed by atoms with E-state index in [1.807, 2.05) is 0 Å². The van der Waals surface area contributed by atoms with Gasteiger partial charge in [-0.05, 0) is 50.1 Å². The van der Waals surface area contributed by atoms with E-state index in [2.05, 4.69) is 64.2 Å². The second-order valence-corrected chi connectivity index (χ2v) is 11.3. The fourth-order valence-corrected chi connectivity index (χ4v) is 3.06. The van der Waals surface area contributed by atoms with Crippen molar-refractivity contribution < 1.29 is 14.2 Å². The lowest BCUT2D eigenvalue weighted by Gasteiger charge is -2.20. The Kier molecular flexibility index (Phi) is 18.9. The maximum atomic E-state index is 5.70. The molecule has 0 aromatic heterocycles.